The average Bonchev–Trinajstić information content (AvgIpc) is 2.72. The van der Waals surface area contributed by atoms with Gasteiger partial charge in [0.15, 0.2) is 9.84 Å². The Hall–Kier alpha value is -3.67. The van der Waals surface area contributed by atoms with Crippen LogP contribution < -0.4 is 10.2 Å². The molecule has 1 unspecified atom stereocenters. The zero-order valence-corrected chi connectivity index (χ0v) is 18.1. The molecule has 0 saturated heterocycles. The van der Waals surface area contributed by atoms with Crippen LogP contribution in [0.15, 0.2) is 64.8 Å². The lowest BCUT2D eigenvalue weighted by Gasteiger charge is -2.15. The van der Waals surface area contributed by atoms with E-state index in [1.54, 1.807) is 0 Å². The number of benzene rings is 2. The van der Waals surface area contributed by atoms with Gasteiger partial charge in [-0.2, -0.15) is 5.10 Å². The van der Waals surface area contributed by atoms with E-state index in [1.807, 2.05) is 0 Å². The number of halogens is 3. The van der Waals surface area contributed by atoms with Crippen LogP contribution in [0, 0.1) is 0 Å². The largest absolute Gasteiger partial charge is 0.573 e. The average molecular weight is 482 g/mol. The number of carbonyl (C=O) groups excluding carboxylic acids is 1. The number of hydrogen-bond acceptors (Lipinski definition) is 7. The Balaban J connectivity index is 2.30. The molecule has 174 valence electrons. The number of hydrogen-bond donors (Lipinski definition) is 0. The van der Waals surface area contributed by atoms with Crippen molar-refractivity contribution in [3.63, 3.8) is 0 Å². The topological polar surface area (TPSA) is 105 Å². The van der Waals surface area contributed by atoms with Gasteiger partial charge in [0.2, 0.25) is 11.1 Å². The predicted molar refractivity (Wildman–Crippen MR) is 112 cm³/mol. The molecule has 1 aromatic heterocycles. The summed E-state index contributed by atoms with van der Waals surface area (Å²) in [7, 11) is -3.90. The Morgan fingerprint density at radius 2 is 1.82 bits per heavy atom. The van der Waals surface area contributed by atoms with E-state index >= 15 is 0 Å². The highest BCUT2D eigenvalue weighted by molar-refractivity contribution is 7.91. The summed E-state index contributed by atoms with van der Waals surface area (Å²) in [6.07, 6.45) is -3.47. The minimum Gasteiger partial charge on any atom is -0.454 e. The van der Waals surface area contributed by atoms with Gasteiger partial charge in [0.1, 0.15) is 11.9 Å². The summed E-state index contributed by atoms with van der Waals surface area (Å²) in [5.41, 5.74) is -1.53. The maximum absolute atomic E-state index is 13.1. The molecule has 1 atom stereocenters. The van der Waals surface area contributed by atoms with Crippen molar-refractivity contribution in [2.75, 3.05) is 6.26 Å². The van der Waals surface area contributed by atoms with Crippen molar-refractivity contribution in [3.8, 4) is 11.4 Å². The summed E-state index contributed by atoms with van der Waals surface area (Å²) >= 11 is 0. The summed E-state index contributed by atoms with van der Waals surface area (Å²) in [6, 6.07) is 8.37. The summed E-state index contributed by atoms with van der Waals surface area (Å²) < 4.78 is 72.0. The van der Waals surface area contributed by atoms with Crippen LogP contribution >= 0.6 is 0 Å². The molecular formula is C21H17F3N2O6S. The van der Waals surface area contributed by atoms with Gasteiger partial charge in [0.05, 0.1) is 21.5 Å². The number of rotatable bonds is 6. The van der Waals surface area contributed by atoms with E-state index in [1.165, 1.54) is 43.3 Å². The van der Waals surface area contributed by atoms with Crippen LogP contribution in [0.5, 0.6) is 5.75 Å². The van der Waals surface area contributed by atoms with Gasteiger partial charge in [-0.15, -0.1) is 13.2 Å². The maximum atomic E-state index is 13.1. The lowest BCUT2D eigenvalue weighted by molar-refractivity contribution is -0.274. The summed E-state index contributed by atoms with van der Waals surface area (Å²) in [6.45, 7) is 4.96. The molecule has 0 saturated carbocycles. The van der Waals surface area contributed by atoms with Crippen molar-refractivity contribution in [1.82, 2.24) is 9.78 Å². The SMILES string of the molecule is C=CC(C)OC(=O)c1nn(-c2ccc(OC(F)(F)F)cc2)c2cccc(S(C)(=O)=O)c2c1=O. The van der Waals surface area contributed by atoms with Gasteiger partial charge in [-0.1, -0.05) is 18.7 Å². The Morgan fingerprint density at radius 3 is 2.36 bits per heavy atom. The van der Waals surface area contributed by atoms with Crippen LogP contribution in [0.25, 0.3) is 16.6 Å². The Labute approximate surface area is 185 Å². The van der Waals surface area contributed by atoms with Gasteiger partial charge in [-0.3, -0.25) is 4.79 Å². The standard InChI is InChI=1S/C21H17F3N2O6S/c1-4-12(2)31-20(28)18-19(27)17-15(6-5-7-16(17)33(3,29)30)26(25-18)13-8-10-14(11-9-13)32-21(22,23)24/h4-12H,1H2,2-3H3. The third-order valence-electron chi connectivity index (χ3n) is 4.41. The molecule has 3 aromatic rings. The fraction of sp³-hybridized carbons (Fsp3) is 0.190. The van der Waals surface area contributed by atoms with Gasteiger partial charge in [-0.05, 0) is 43.3 Å². The first kappa shape index (κ1) is 24.0. The molecule has 2 aromatic carbocycles. The second kappa shape index (κ2) is 8.70. The number of fused-ring (bicyclic) bond motifs is 1. The normalized spacial score (nSPS) is 12.9. The van der Waals surface area contributed by atoms with E-state index in [0.717, 1.165) is 23.1 Å². The van der Waals surface area contributed by atoms with E-state index in [0.29, 0.717) is 0 Å². The quantitative estimate of drug-likeness (QED) is 0.392. The second-order valence-corrected chi connectivity index (χ2v) is 8.88. The third-order valence-corrected chi connectivity index (χ3v) is 5.55. The molecule has 0 radical (unpaired) electrons. The summed E-state index contributed by atoms with van der Waals surface area (Å²) in [4.78, 5) is 25.3. The van der Waals surface area contributed by atoms with Crippen molar-refractivity contribution in [1.29, 1.82) is 0 Å². The lowest BCUT2D eigenvalue weighted by atomic mass is 10.2. The highest BCUT2D eigenvalue weighted by atomic mass is 32.2. The maximum Gasteiger partial charge on any atom is 0.573 e. The molecule has 0 aliphatic heterocycles. The number of alkyl halides is 3. The molecule has 0 aliphatic carbocycles. The molecule has 1 heterocycles. The van der Waals surface area contributed by atoms with Crippen molar-refractivity contribution in [3.05, 3.63) is 71.0 Å². The molecule has 12 heteroatoms. The molecule has 0 aliphatic rings. The minimum atomic E-state index is -4.90. The molecule has 33 heavy (non-hydrogen) atoms. The second-order valence-electron chi connectivity index (χ2n) is 6.90. The van der Waals surface area contributed by atoms with Crippen molar-refractivity contribution in [2.45, 2.75) is 24.3 Å². The number of carbonyl (C=O) groups is 1. The third kappa shape index (κ3) is 5.22. The number of esters is 1. The van der Waals surface area contributed by atoms with E-state index in [9.17, 15) is 31.2 Å². The van der Waals surface area contributed by atoms with Gasteiger partial charge in [-0.25, -0.2) is 17.9 Å². The Bertz CT molecular complexity index is 1400. The van der Waals surface area contributed by atoms with Crippen LogP contribution in [0.3, 0.4) is 0 Å². The van der Waals surface area contributed by atoms with Crippen LogP contribution in [0.1, 0.15) is 17.4 Å². The molecule has 0 amide bonds. The van der Waals surface area contributed by atoms with Crippen LogP contribution in [0.4, 0.5) is 13.2 Å². The molecule has 0 spiro atoms. The van der Waals surface area contributed by atoms with Crippen LogP contribution in [-0.4, -0.2) is 42.9 Å². The van der Waals surface area contributed by atoms with E-state index in [2.05, 4.69) is 16.4 Å². The van der Waals surface area contributed by atoms with Crippen molar-refractivity contribution >= 4 is 26.7 Å². The molecule has 8 nitrogen and oxygen atoms in total. The van der Waals surface area contributed by atoms with Crippen molar-refractivity contribution < 1.29 is 35.9 Å². The number of ether oxygens (including phenoxy) is 2. The van der Waals surface area contributed by atoms with E-state index < -0.39 is 45.1 Å². The summed E-state index contributed by atoms with van der Waals surface area (Å²) in [5.74, 6) is -1.63. The molecule has 0 N–H and O–H groups in total. The first-order valence-electron chi connectivity index (χ1n) is 9.27. The highest BCUT2D eigenvalue weighted by Crippen LogP contribution is 2.26. The predicted octanol–water partition coefficient (Wildman–Crippen LogP) is 3.42. The lowest BCUT2D eigenvalue weighted by Crippen LogP contribution is -2.27. The minimum absolute atomic E-state index is 0.0146. The molecular weight excluding hydrogens is 465 g/mol. The molecule has 3 rings (SSSR count). The highest BCUT2D eigenvalue weighted by Gasteiger charge is 2.31. The fourth-order valence-corrected chi connectivity index (χ4v) is 3.84. The summed E-state index contributed by atoms with van der Waals surface area (Å²) in [5, 5.41) is 3.71. The Morgan fingerprint density at radius 1 is 1.18 bits per heavy atom. The molecule has 0 fully saturated rings. The number of aromatic nitrogens is 2. The van der Waals surface area contributed by atoms with Gasteiger partial charge in [0, 0.05) is 6.26 Å². The van der Waals surface area contributed by atoms with Gasteiger partial charge < -0.3 is 9.47 Å². The van der Waals surface area contributed by atoms with Gasteiger partial charge >= 0.3 is 12.3 Å². The first-order chi connectivity index (χ1) is 15.3. The first-order valence-corrected chi connectivity index (χ1v) is 11.2. The van der Waals surface area contributed by atoms with E-state index in [-0.39, 0.29) is 21.5 Å². The fourth-order valence-electron chi connectivity index (χ4n) is 2.94. The number of sulfone groups is 1. The van der Waals surface area contributed by atoms with Crippen molar-refractivity contribution in [2.24, 2.45) is 0 Å². The van der Waals surface area contributed by atoms with E-state index in [4.69, 9.17) is 4.74 Å². The van der Waals surface area contributed by atoms with Gasteiger partial charge in [0.25, 0.3) is 0 Å². The Kier molecular flexibility index (Phi) is 6.32. The zero-order valence-electron chi connectivity index (χ0n) is 17.3. The smallest absolute Gasteiger partial charge is 0.454 e. The van der Waals surface area contributed by atoms with Crippen LogP contribution in [-0.2, 0) is 14.6 Å². The zero-order chi connectivity index (χ0) is 24.6. The monoisotopic (exact) mass is 482 g/mol. The molecule has 0 bridgehead atoms. The number of nitrogens with zero attached hydrogens (tertiary/aromatic N) is 2. The van der Waals surface area contributed by atoms with Crippen LogP contribution in [0.2, 0.25) is 0 Å².